The van der Waals surface area contributed by atoms with Crippen LogP contribution in [0.4, 0.5) is 34.1 Å². The summed E-state index contributed by atoms with van der Waals surface area (Å²) in [5, 5.41) is 6.95. The summed E-state index contributed by atoms with van der Waals surface area (Å²) in [4.78, 5) is 5.52. The molecule has 19 aromatic carbocycles. The third-order valence-electron chi connectivity index (χ3n) is 27.5. The molecule has 0 atom stereocenters. The SMILES string of the molecule is CC(C)(C)c1cc(-c2ccccc2)c2c(c1)-c1cccc(c1)-c1ccc3oc4ccc(cc4c3c1)-c1cccc(c1)-c1cc(C(C)(C)C)cc(-c3ccccc3)c1N1c3cc(-n4c5ccccc5c5c(-c6ccccc6)cccc54)ccc3B3c4ccc(-n5c6ccccc6c6c(-c7ccccc7)cccc65)cc4N2c2cc(-c4ccccc4-c4ccccc4)cc1c23. The maximum Gasteiger partial charge on any atom is 0.252 e. The molecule has 5 nitrogen and oxygen atoms in total. The maximum atomic E-state index is 6.89. The number of aromatic nitrogens is 2. The van der Waals surface area contributed by atoms with Gasteiger partial charge in [0.1, 0.15) is 11.2 Å². The second kappa shape index (κ2) is 28.9. The predicted molar refractivity (Wildman–Crippen MR) is 542 cm³/mol. The molecule has 0 amide bonds. The van der Waals surface area contributed by atoms with Crippen LogP contribution in [0.15, 0.2) is 423 Å². The molecule has 3 aliphatic rings. The van der Waals surface area contributed by atoms with Gasteiger partial charge in [-0.25, -0.2) is 0 Å². The van der Waals surface area contributed by atoms with Crippen LogP contribution in [0, 0.1) is 0 Å². The van der Waals surface area contributed by atoms with Gasteiger partial charge in [-0.3, -0.25) is 0 Å². The number of rotatable bonds is 8. The Morgan fingerprint density at radius 1 is 0.219 bits per heavy atom. The summed E-state index contributed by atoms with van der Waals surface area (Å²) in [7, 11) is 0. The zero-order chi connectivity index (χ0) is 85.4. The average Bonchev–Trinajstić information content (AvgIpc) is 0.763. The molecular weight excluding hydrogens is 1550 g/mol. The van der Waals surface area contributed by atoms with Gasteiger partial charge in [0.15, 0.2) is 0 Å². The Morgan fingerprint density at radius 2 is 0.539 bits per heavy atom. The molecule has 0 spiro atoms. The summed E-state index contributed by atoms with van der Waals surface area (Å²) >= 11 is 0. The molecular formula is C122H87BN4O. The number of benzene rings is 19. The van der Waals surface area contributed by atoms with Gasteiger partial charge in [0.2, 0.25) is 0 Å². The normalized spacial score (nSPS) is 12.7. The van der Waals surface area contributed by atoms with Gasteiger partial charge in [-0.15, -0.1) is 0 Å². The van der Waals surface area contributed by atoms with Crippen LogP contribution in [0.3, 0.4) is 0 Å². The fraction of sp³-hybridized carbons (Fsp3) is 0.0656. The van der Waals surface area contributed by atoms with E-state index >= 15 is 0 Å². The summed E-state index contributed by atoms with van der Waals surface area (Å²) in [5.74, 6) is 0. The average molecular weight is 1640 g/mol. The van der Waals surface area contributed by atoms with Crippen molar-refractivity contribution in [1.29, 1.82) is 0 Å². The van der Waals surface area contributed by atoms with Gasteiger partial charge >= 0.3 is 0 Å². The van der Waals surface area contributed by atoms with E-state index in [9.17, 15) is 0 Å². The van der Waals surface area contributed by atoms with Crippen LogP contribution < -0.4 is 26.2 Å². The first-order chi connectivity index (χ1) is 62.8. The van der Waals surface area contributed by atoms with E-state index < -0.39 is 0 Å². The zero-order valence-corrected chi connectivity index (χ0v) is 72.1. The highest BCUT2D eigenvalue weighted by Gasteiger charge is 2.47. The van der Waals surface area contributed by atoms with Crippen molar-refractivity contribution in [3.05, 3.63) is 430 Å². The number of furan rings is 1. The standard InChI is InChI=1S/C122H87BN4O/c1-121(2,3)88-70-98(79-38-18-10-19-39-79)119-100(72-88)85-44-28-42-81(64-85)83-56-62-114-102(66-83)103-67-84(57-63-115(103)128-114)82-43-29-45-86(65-82)101-73-89(122(4,5)6)71-99(80-40-20-11-21-41-80)120(101)127-111-75-91(125-107-53-27-25-49-97(107)117-95(51-31-55-109(117)125)78-36-16-9-17-37-78)59-61-105(111)123-104-60-58-90(124-106-52-26-24-48-96(106)116-94(50-30-54-108(116)124)77-34-14-8-15-35-77)74-110(104)126(119)112-68-87(69-113(127)118(112)123)93-47-23-22-46-92(93)76-32-12-7-13-33-76/h7-75H,1-6H3. The highest BCUT2D eigenvalue weighted by atomic mass is 16.3. The van der Waals surface area contributed by atoms with Crippen LogP contribution in [0.25, 0.3) is 188 Å². The molecule has 3 aliphatic heterocycles. The molecule has 0 saturated carbocycles. The number of nitrogens with zero attached hydrogens (tertiary/aromatic N) is 4. The number of hydrogen-bond acceptors (Lipinski definition) is 3. The van der Waals surface area contributed by atoms with E-state index in [0.29, 0.717) is 0 Å². The summed E-state index contributed by atoms with van der Waals surface area (Å²) in [6.45, 7) is 13.9. The number of fused-ring (bicyclic) bond motifs is 26. The van der Waals surface area contributed by atoms with E-state index in [-0.39, 0.29) is 17.5 Å². The second-order valence-electron chi connectivity index (χ2n) is 37.0. The molecule has 0 aliphatic carbocycles. The first-order valence-electron chi connectivity index (χ1n) is 44.8. The van der Waals surface area contributed by atoms with Crippen LogP contribution >= 0.6 is 0 Å². The van der Waals surface area contributed by atoms with E-state index in [0.717, 1.165) is 179 Å². The monoisotopic (exact) mass is 1630 g/mol. The summed E-state index contributed by atoms with van der Waals surface area (Å²) in [5.41, 5.74) is 42.7. The predicted octanol–water partition coefficient (Wildman–Crippen LogP) is 31.4. The Bertz CT molecular complexity index is 7890. The summed E-state index contributed by atoms with van der Waals surface area (Å²) in [6, 6.07) is 159. The Kier molecular flexibility index (Phi) is 16.9. The third-order valence-corrected chi connectivity index (χ3v) is 27.5. The fourth-order valence-electron chi connectivity index (χ4n) is 21.4. The Balaban J connectivity index is 0.897. The van der Waals surface area contributed by atoms with E-state index in [1.807, 2.05) is 0 Å². The van der Waals surface area contributed by atoms with Gasteiger partial charge in [0.25, 0.3) is 6.71 Å². The number of para-hydroxylation sites is 2. The second-order valence-corrected chi connectivity index (χ2v) is 37.0. The van der Waals surface area contributed by atoms with E-state index in [1.54, 1.807) is 0 Å². The van der Waals surface area contributed by atoms with Crippen molar-refractivity contribution >= 4 is 123 Å². The molecule has 0 N–H and O–H groups in total. The minimum absolute atomic E-state index is 0.306. The van der Waals surface area contributed by atoms with Gasteiger partial charge in [-0.1, -0.05) is 339 Å². The molecule has 0 fully saturated rings. The quantitative estimate of drug-likeness (QED) is 0.142. The van der Waals surface area contributed by atoms with Gasteiger partial charge in [0, 0.05) is 88.7 Å². The highest BCUT2D eigenvalue weighted by Crippen LogP contribution is 2.58. The van der Waals surface area contributed by atoms with Crippen molar-refractivity contribution in [2.75, 3.05) is 9.80 Å². The lowest BCUT2D eigenvalue weighted by molar-refractivity contribution is 0.590. The molecule has 0 unspecified atom stereocenters. The zero-order valence-electron chi connectivity index (χ0n) is 72.1. The van der Waals surface area contributed by atoms with Gasteiger partial charge in [-0.2, -0.15) is 0 Å². The Labute approximate surface area is 745 Å². The van der Waals surface area contributed by atoms with Crippen molar-refractivity contribution in [2.24, 2.45) is 0 Å². The minimum Gasteiger partial charge on any atom is -0.456 e. The molecule has 604 valence electrons. The lowest BCUT2D eigenvalue weighted by atomic mass is 9.33. The van der Waals surface area contributed by atoms with Crippen LogP contribution in [0.1, 0.15) is 52.7 Å². The van der Waals surface area contributed by atoms with E-state index in [2.05, 4.69) is 479 Å². The largest absolute Gasteiger partial charge is 0.456 e. The molecule has 22 aromatic rings. The van der Waals surface area contributed by atoms with Crippen molar-refractivity contribution in [2.45, 2.75) is 52.4 Å². The fourth-order valence-corrected chi connectivity index (χ4v) is 21.4. The first kappa shape index (κ1) is 74.8. The first-order valence-corrected chi connectivity index (χ1v) is 44.8. The van der Waals surface area contributed by atoms with E-state index in [1.165, 1.54) is 71.3 Å². The lowest BCUT2D eigenvalue weighted by Crippen LogP contribution is -2.61. The van der Waals surface area contributed by atoms with Crippen molar-refractivity contribution < 1.29 is 4.42 Å². The number of hydrogen-bond donors (Lipinski definition) is 0. The molecule has 6 heteroatoms. The van der Waals surface area contributed by atoms with E-state index in [4.69, 9.17) is 4.42 Å². The summed E-state index contributed by atoms with van der Waals surface area (Å²) in [6.07, 6.45) is 0. The van der Waals surface area contributed by atoms with Gasteiger partial charge in [0.05, 0.1) is 33.4 Å². The molecule has 0 radical (unpaired) electrons. The molecule has 3 aromatic heterocycles. The molecule has 25 rings (SSSR count). The summed E-state index contributed by atoms with van der Waals surface area (Å²) < 4.78 is 12.0. The smallest absolute Gasteiger partial charge is 0.252 e. The van der Waals surface area contributed by atoms with Gasteiger partial charge in [-0.05, 0) is 249 Å². The van der Waals surface area contributed by atoms with Crippen molar-refractivity contribution in [3.8, 4) is 123 Å². The molecule has 0 saturated heterocycles. The Hall–Kier alpha value is -15.8. The van der Waals surface area contributed by atoms with Crippen LogP contribution in [-0.2, 0) is 10.8 Å². The third kappa shape index (κ3) is 11.8. The maximum absolute atomic E-state index is 6.89. The Morgan fingerprint density at radius 3 is 0.953 bits per heavy atom. The van der Waals surface area contributed by atoms with Crippen LogP contribution in [0.5, 0.6) is 0 Å². The topological polar surface area (TPSA) is 29.5 Å². The van der Waals surface area contributed by atoms with Crippen LogP contribution in [-0.4, -0.2) is 15.8 Å². The molecule has 128 heavy (non-hydrogen) atoms. The van der Waals surface area contributed by atoms with Crippen molar-refractivity contribution in [3.63, 3.8) is 0 Å². The minimum atomic E-state index is -0.371. The lowest BCUT2D eigenvalue weighted by Gasteiger charge is -2.46. The molecule has 6 heterocycles. The highest BCUT2D eigenvalue weighted by molar-refractivity contribution is 7.00. The number of anilines is 6. The van der Waals surface area contributed by atoms with Gasteiger partial charge < -0.3 is 23.4 Å². The van der Waals surface area contributed by atoms with Crippen LogP contribution in [0.2, 0.25) is 0 Å². The molecule has 13 bridgehead atoms. The van der Waals surface area contributed by atoms with Crippen molar-refractivity contribution in [1.82, 2.24) is 9.13 Å².